The second kappa shape index (κ2) is 5.81. The van der Waals surface area contributed by atoms with Gasteiger partial charge in [-0.1, -0.05) is 11.5 Å². The van der Waals surface area contributed by atoms with Crippen molar-refractivity contribution in [2.24, 2.45) is 5.41 Å². The largest absolute Gasteiger partial charge is 0.408 e. The molecule has 0 unspecified atom stereocenters. The molecule has 3 fully saturated rings. The molecule has 0 spiro atoms. The summed E-state index contributed by atoms with van der Waals surface area (Å²) in [6, 6.07) is 0.617. The summed E-state index contributed by atoms with van der Waals surface area (Å²) in [7, 11) is 2.21. The number of rotatable bonds is 6. The van der Waals surface area contributed by atoms with E-state index < -0.39 is 0 Å². The van der Waals surface area contributed by atoms with Crippen LogP contribution in [-0.4, -0.2) is 66.3 Å². The minimum atomic E-state index is 0.432. The van der Waals surface area contributed by atoms with Gasteiger partial charge in [0.25, 0.3) is 0 Å². The van der Waals surface area contributed by atoms with Crippen LogP contribution < -0.4 is 5.32 Å². The van der Waals surface area contributed by atoms with Crippen molar-refractivity contribution in [3.05, 3.63) is 5.89 Å². The zero-order chi connectivity index (χ0) is 15.0. The van der Waals surface area contributed by atoms with Gasteiger partial charge >= 0.3 is 6.01 Å². The van der Waals surface area contributed by atoms with Gasteiger partial charge in [0, 0.05) is 50.6 Å². The Morgan fingerprint density at radius 1 is 1.18 bits per heavy atom. The number of piperazine rings is 1. The van der Waals surface area contributed by atoms with Crippen molar-refractivity contribution in [1.29, 1.82) is 0 Å². The third-order valence-electron chi connectivity index (χ3n) is 5.62. The van der Waals surface area contributed by atoms with Gasteiger partial charge in [-0.05, 0) is 32.7 Å². The molecular weight excluding hydrogens is 278 g/mol. The third kappa shape index (κ3) is 3.13. The van der Waals surface area contributed by atoms with Crippen LogP contribution >= 0.6 is 0 Å². The van der Waals surface area contributed by atoms with E-state index in [2.05, 4.69) is 32.4 Å². The predicted octanol–water partition coefficient (Wildman–Crippen LogP) is 1.78. The van der Waals surface area contributed by atoms with Crippen LogP contribution in [0.4, 0.5) is 6.01 Å². The quantitative estimate of drug-likeness (QED) is 0.864. The van der Waals surface area contributed by atoms with Crippen molar-refractivity contribution in [2.45, 2.75) is 38.0 Å². The van der Waals surface area contributed by atoms with Gasteiger partial charge in [0.2, 0.25) is 5.89 Å². The van der Waals surface area contributed by atoms with Crippen molar-refractivity contribution in [3.63, 3.8) is 0 Å². The van der Waals surface area contributed by atoms with E-state index in [4.69, 9.17) is 4.42 Å². The number of hydrogen-bond acceptors (Lipinski definition) is 6. The first-order valence-electron chi connectivity index (χ1n) is 8.71. The molecule has 4 rings (SSSR count). The monoisotopic (exact) mass is 305 g/mol. The highest BCUT2D eigenvalue weighted by Crippen LogP contribution is 2.46. The van der Waals surface area contributed by atoms with E-state index >= 15 is 0 Å². The maximum Gasteiger partial charge on any atom is 0.315 e. The molecule has 1 N–H and O–H groups in total. The van der Waals surface area contributed by atoms with Crippen molar-refractivity contribution in [1.82, 2.24) is 20.0 Å². The zero-order valence-corrected chi connectivity index (χ0v) is 13.6. The molecule has 0 aromatic carbocycles. The molecule has 0 radical (unpaired) electrons. The van der Waals surface area contributed by atoms with Gasteiger partial charge < -0.3 is 19.5 Å². The summed E-state index contributed by atoms with van der Waals surface area (Å²) in [6.07, 6.45) is 6.33. The van der Waals surface area contributed by atoms with Gasteiger partial charge in [0.1, 0.15) is 0 Å². The molecule has 0 bridgehead atoms. The number of aromatic nitrogens is 2. The maximum absolute atomic E-state index is 5.76. The van der Waals surface area contributed by atoms with Gasteiger partial charge in [0.15, 0.2) is 0 Å². The van der Waals surface area contributed by atoms with E-state index in [9.17, 15) is 0 Å². The van der Waals surface area contributed by atoms with Crippen LogP contribution in [0.3, 0.4) is 0 Å². The van der Waals surface area contributed by atoms with Crippen LogP contribution in [0.15, 0.2) is 4.42 Å². The number of nitrogens with zero attached hydrogens (tertiary/aromatic N) is 4. The van der Waals surface area contributed by atoms with Gasteiger partial charge in [-0.15, -0.1) is 5.10 Å². The highest BCUT2D eigenvalue weighted by atomic mass is 16.4. The van der Waals surface area contributed by atoms with E-state index in [1.807, 2.05) is 0 Å². The van der Waals surface area contributed by atoms with E-state index in [0.717, 1.165) is 12.4 Å². The molecule has 0 atom stereocenters. The van der Waals surface area contributed by atoms with Crippen LogP contribution in [0.2, 0.25) is 0 Å². The van der Waals surface area contributed by atoms with Crippen molar-refractivity contribution >= 4 is 6.01 Å². The molecule has 2 heterocycles. The number of hydrogen-bond donors (Lipinski definition) is 1. The van der Waals surface area contributed by atoms with Crippen molar-refractivity contribution in [2.75, 3.05) is 51.6 Å². The topological polar surface area (TPSA) is 57.4 Å². The lowest BCUT2D eigenvalue weighted by Gasteiger charge is -2.34. The second-order valence-corrected chi connectivity index (χ2v) is 7.51. The van der Waals surface area contributed by atoms with Gasteiger partial charge in [-0.3, -0.25) is 0 Å². The van der Waals surface area contributed by atoms with Crippen LogP contribution in [0.25, 0.3) is 0 Å². The average molecular weight is 305 g/mol. The lowest BCUT2D eigenvalue weighted by Crippen LogP contribution is -2.47. The molecule has 6 nitrogen and oxygen atoms in total. The van der Waals surface area contributed by atoms with E-state index in [0.29, 0.717) is 17.3 Å². The summed E-state index contributed by atoms with van der Waals surface area (Å²) in [6.45, 7) is 6.95. The zero-order valence-electron chi connectivity index (χ0n) is 13.6. The summed E-state index contributed by atoms with van der Waals surface area (Å²) < 4.78 is 5.76. The van der Waals surface area contributed by atoms with Gasteiger partial charge in [-0.2, -0.15) is 0 Å². The predicted molar refractivity (Wildman–Crippen MR) is 85.0 cm³/mol. The summed E-state index contributed by atoms with van der Waals surface area (Å²) in [5.41, 5.74) is 0.432. The molecule has 1 saturated heterocycles. The first kappa shape index (κ1) is 14.5. The molecular formula is C16H27N5O. The van der Waals surface area contributed by atoms with Crippen molar-refractivity contribution in [3.8, 4) is 0 Å². The Labute approximate surface area is 132 Å². The smallest absolute Gasteiger partial charge is 0.315 e. The Balaban J connectivity index is 1.26. The SMILES string of the molecule is CN1CCN(CC2(CNc3nnc(C4CCC4)o3)CC2)CC1. The molecule has 1 aromatic rings. The van der Waals surface area contributed by atoms with E-state index in [1.165, 1.54) is 64.8 Å². The Bertz CT molecular complexity index is 500. The fraction of sp³-hybridized carbons (Fsp3) is 0.875. The van der Waals surface area contributed by atoms with Crippen LogP contribution in [-0.2, 0) is 0 Å². The Hall–Kier alpha value is -1.14. The molecule has 122 valence electrons. The molecule has 6 heteroatoms. The van der Waals surface area contributed by atoms with E-state index in [1.54, 1.807) is 0 Å². The summed E-state index contributed by atoms with van der Waals surface area (Å²) in [4.78, 5) is 5.02. The number of nitrogens with one attached hydrogen (secondary N) is 1. The number of likely N-dealkylation sites (N-methyl/N-ethyl adjacent to an activating group) is 1. The number of anilines is 1. The lowest BCUT2D eigenvalue weighted by molar-refractivity contribution is 0.133. The fourth-order valence-electron chi connectivity index (χ4n) is 3.44. The normalized spacial score (nSPS) is 25.9. The molecule has 1 aromatic heterocycles. The Kier molecular flexibility index (Phi) is 3.82. The minimum absolute atomic E-state index is 0.432. The first-order chi connectivity index (χ1) is 10.7. The molecule has 2 aliphatic carbocycles. The first-order valence-corrected chi connectivity index (χ1v) is 8.71. The Morgan fingerprint density at radius 3 is 2.59 bits per heavy atom. The van der Waals surface area contributed by atoms with Crippen molar-refractivity contribution < 1.29 is 4.42 Å². The maximum atomic E-state index is 5.76. The van der Waals surface area contributed by atoms with Gasteiger partial charge in [0.05, 0.1) is 0 Å². The Morgan fingerprint density at radius 2 is 1.95 bits per heavy atom. The minimum Gasteiger partial charge on any atom is -0.408 e. The standard InChI is InChI=1S/C16H27N5O/c1-20-7-9-21(10-8-20)12-16(5-6-16)11-17-15-19-18-14(22-15)13-3-2-4-13/h13H,2-12H2,1H3,(H,17,19). The summed E-state index contributed by atoms with van der Waals surface area (Å²) in [5, 5.41) is 11.7. The average Bonchev–Trinajstić information content (AvgIpc) is 3.07. The third-order valence-corrected chi connectivity index (χ3v) is 5.62. The molecule has 2 saturated carbocycles. The summed E-state index contributed by atoms with van der Waals surface area (Å²) in [5.74, 6) is 1.35. The van der Waals surface area contributed by atoms with Crippen LogP contribution in [0.1, 0.15) is 43.9 Å². The van der Waals surface area contributed by atoms with Crippen LogP contribution in [0.5, 0.6) is 0 Å². The lowest BCUT2D eigenvalue weighted by atomic mass is 9.85. The summed E-state index contributed by atoms with van der Waals surface area (Å²) >= 11 is 0. The second-order valence-electron chi connectivity index (χ2n) is 7.51. The highest BCUT2D eigenvalue weighted by Gasteiger charge is 2.44. The van der Waals surface area contributed by atoms with E-state index in [-0.39, 0.29) is 0 Å². The van der Waals surface area contributed by atoms with Crippen LogP contribution in [0, 0.1) is 5.41 Å². The molecule has 1 aliphatic heterocycles. The highest BCUT2D eigenvalue weighted by molar-refractivity contribution is 5.21. The molecule has 0 amide bonds. The fourth-order valence-corrected chi connectivity index (χ4v) is 3.44. The molecule has 3 aliphatic rings. The van der Waals surface area contributed by atoms with Gasteiger partial charge in [-0.25, -0.2) is 0 Å². The molecule has 22 heavy (non-hydrogen) atoms.